The molecule has 1 heterocycles. The van der Waals surface area contributed by atoms with Crippen molar-refractivity contribution in [3.05, 3.63) is 44.1 Å². The molecule has 2 aromatic rings. The third-order valence-electron chi connectivity index (χ3n) is 3.12. The molecule has 102 valence electrons. The number of aromatic nitrogens is 2. The van der Waals surface area contributed by atoms with Crippen LogP contribution < -0.4 is 16.6 Å². The molecule has 0 fully saturated rings. The van der Waals surface area contributed by atoms with Gasteiger partial charge in [-0.25, -0.2) is 4.79 Å². The quantitative estimate of drug-likeness (QED) is 0.850. The Morgan fingerprint density at radius 3 is 2.74 bits per heavy atom. The van der Waals surface area contributed by atoms with Crippen molar-refractivity contribution in [3.8, 4) is 0 Å². The van der Waals surface area contributed by atoms with Crippen molar-refractivity contribution >= 4 is 22.5 Å². The predicted molar refractivity (Wildman–Crippen MR) is 77.0 cm³/mol. The second-order valence-electron chi connectivity index (χ2n) is 4.42. The highest BCUT2D eigenvalue weighted by molar-refractivity contribution is 6.31. The van der Waals surface area contributed by atoms with E-state index in [0.29, 0.717) is 22.5 Å². The maximum atomic E-state index is 12.3. The molecule has 0 aliphatic rings. The van der Waals surface area contributed by atoms with E-state index in [1.807, 2.05) is 7.05 Å². The molecule has 1 aromatic heterocycles. The molecule has 1 N–H and O–H groups in total. The third kappa shape index (κ3) is 2.57. The monoisotopic (exact) mass is 281 g/mol. The van der Waals surface area contributed by atoms with Gasteiger partial charge in [-0.3, -0.25) is 13.9 Å². The zero-order valence-corrected chi connectivity index (χ0v) is 11.7. The summed E-state index contributed by atoms with van der Waals surface area (Å²) in [5.74, 6) is 0. The van der Waals surface area contributed by atoms with Crippen LogP contribution in [-0.4, -0.2) is 22.7 Å². The van der Waals surface area contributed by atoms with Crippen molar-refractivity contribution in [1.29, 1.82) is 0 Å². The lowest BCUT2D eigenvalue weighted by atomic mass is 10.2. The summed E-state index contributed by atoms with van der Waals surface area (Å²) in [6.45, 7) is 1.15. The van der Waals surface area contributed by atoms with Crippen LogP contribution in [-0.2, 0) is 13.6 Å². The summed E-state index contributed by atoms with van der Waals surface area (Å²) in [6.07, 6.45) is 0.720. The van der Waals surface area contributed by atoms with Gasteiger partial charge in [0, 0.05) is 18.6 Å². The highest BCUT2D eigenvalue weighted by Gasteiger charge is 2.10. The number of nitrogens with zero attached hydrogens (tertiary/aromatic N) is 2. The average molecular weight is 282 g/mol. The largest absolute Gasteiger partial charge is 0.331 e. The molecule has 0 saturated heterocycles. The molecule has 1 aromatic carbocycles. The van der Waals surface area contributed by atoms with Crippen LogP contribution in [0.2, 0.25) is 5.02 Å². The minimum absolute atomic E-state index is 0.281. The fourth-order valence-electron chi connectivity index (χ4n) is 2.10. The molecule has 0 amide bonds. The van der Waals surface area contributed by atoms with E-state index in [1.165, 1.54) is 9.13 Å². The molecule has 19 heavy (non-hydrogen) atoms. The molecule has 0 unspecified atom stereocenters. The van der Waals surface area contributed by atoms with E-state index < -0.39 is 0 Å². The van der Waals surface area contributed by atoms with Crippen LogP contribution in [0.5, 0.6) is 0 Å². The minimum Gasteiger partial charge on any atom is -0.320 e. The maximum absolute atomic E-state index is 12.3. The number of rotatable bonds is 4. The van der Waals surface area contributed by atoms with E-state index in [-0.39, 0.29) is 11.2 Å². The van der Waals surface area contributed by atoms with Crippen LogP contribution in [0.15, 0.2) is 27.8 Å². The minimum atomic E-state index is -0.295. The van der Waals surface area contributed by atoms with Gasteiger partial charge in [0.2, 0.25) is 0 Å². The predicted octanol–water partition coefficient (Wildman–Crippen LogP) is 0.963. The Labute approximate surface area is 115 Å². The fraction of sp³-hybridized carbons (Fsp3) is 0.385. The second kappa shape index (κ2) is 5.59. The molecule has 2 rings (SSSR count). The second-order valence-corrected chi connectivity index (χ2v) is 4.85. The van der Waals surface area contributed by atoms with E-state index in [1.54, 1.807) is 25.2 Å². The van der Waals surface area contributed by atoms with Gasteiger partial charge in [-0.05, 0) is 38.2 Å². The van der Waals surface area contributed by atoms with Gasteiger partial charge in [0.15, 0.2) is 0 Å². The number of aryl methyl sites for hydroxylation is 1. The molecule has 0 saturated carbocycles. The Morgan fingerprint density at radius 1 is 1.32 bits per heavy atom. The van der Waals surface area contributed by atoms with Crippen molar-refractivity contribution in [3.63, 3.8) is 0 Å². The van der Waals surface area contributed by atoms with E-state index in [2.05, 4.69) is 5.32 Å². The van der Waals surface area contributed by atoms with E-state index in [9.17, 15) is 9.59 Å². The standard InChI is InChI=1S/C13H16ClN3O2/c1-15-6-3-7-17-12(18)10-8-9(14)4-5-11(10)16(2)13(17)19/h4-5,8,15H,3,6-7H2,1-2H3. The normalized spacial score (nSPS) is 11.1. The summed E-state index contributed by atoms with van der Waals surface area (Å²) in [5, 5.41) is 3.95. The van der Waals surface area contributed by atoms with Crippen molar-refractivity contribution in [2.24, 2.45) is 7.05 Å². The zero-order chi connectivity index (χ0) is 14.0. The molecule has 0 aliphatic carbocycles. The Morgan fingerprint density at radius 2 is 2.05 bits per heavy atom. The van der Waals surface area contributed by atoms with Crippen molar-refractivity contribution in [2.75, 3.05) is 13.6 Å². The number of hydrogen-bond acceptors (Lipinski definition) is 3. The smallest absolute Gasteiger partial charge is 0.320 e. The van der Waals surface area contributed by atoms with Gasteiger partial charge in [-0.15, -0.1) is 0 Å². The Balaban J connectivity index is 2.65. The Hall–Kier alpha value is -1.59. The molecule has 0 bridgehead atoms. The first-order chi connectivity index (χ1) is 9.06. The van der Waals surface area contributed by atoms with Crippen molar-refractivity contribution in [1.82, 2.24) is 14.5 Å². The van der Waals surface area contributed by atoms with Crippen LogP contribution in [0.4, 0.5) is 0 Å². The van der Waals surface area contributed by atoms with Gasteiger partial charge in [-0.1, -0.05) is 11.6 Å². The van der Waals surface area contributed by atoms with Crippen LogP contribution in [0, 0.1) is 0 Å². The number of nitrogens with one attached hydrogen (secondary N) is 1. The van der Waals surface area contributed by atoms with Crippen LogP contribution in [0.1, 0.15) is 6.42 Å². The summed E-state index contributed by atoms with van der Waals surface area (Å²) in [6, 6.07) is 4.97. The van der Waals surface area contributed by atoms with Crippen molar-refractivity contribution in [2.45, 2.75) is 13.0 Å². The fourth-order valence-corrected chi connectivity index (χ4v) is 2.27. The van der Waals surface area contributed by atoms with Gasteiger partial charge < -0.3 is 5.32 Å². The Kier molecular flexibility index (Phi) is 4.07. The average Bonchev–Trinajstić information content (AvgIpc) is 2.40. The highest BCUT2D eigenvalue weighted by Crippen LogP contribution is 2.14. The van der Waals surface area contributed by atoms with Gasteiger partial charge in [-0.2, -0.15) is 0 Å². The topological polar surface area (TPSA) is 56.0 Å². The molecule has 0 aliphatic heterocycles. The first-order valence-corrected chi connectivity index (χ1v) is 6.47. The number of hydrogen-bond donors (Lipinski definition) is 1. The summed E-state index contributed by atoms with van der Waals surface area (Å²) >= 11 is 5.92. The summed E-state index contributed by atoms with van der Waals surface area (Å²) in [7, 11) is 3.49. The third-order valence-corrected chi connectivity index (χ3v) is 3.36. The molecule has 6 heteroatoms. The highest BCUT2D eigenvalue weighted by atomic mass is 35.5. The van der Waals surface area contributed by atoms with Crippen LogP contribution in [0.3, 0.4) is 0 Å². The van der Waals surface area contributed by atoms with E-state index in [0.717, 1.165) is 13.0 Å². The molecule has 0 spiro atoms. The molecule has 0 radical (unpaired) electrons. The molecule has 0 atom stereocenters. The van der Waals surface area contributed by atoms with E-state index in [4.69, 9.17) is 11.6 Å². The summed E-state index contributed by atoms with van der Waals surface area (Å²) in [5.41, 5.74) is 0.0249. The van der Waals surface area contributed by atoms with Gasteiger partial charge in [0.1, 0.15) is 0 Å². The lowest BCUT2D eigenvalue weighted by molar-refractivity contribution is 0.560. The molecular weight excluding hydrogens is 266 g/mol. The number of benzene rings is 1. The van der Waals surface area contributed by atoms with Crippen LogP contribution >= 0.6 is 11.6 Å². The van der Waals surface area contributed by atoms with Gasteiger partial charge in [0.25, 0.3) is 5.56 Å². The SMILES string of the molecule is CNCCCn1c(=O)c2cc(Cl)ccc2n(C)c1=O. The summed E-state index contributed by atoms with van der Waals surface area (Å²) in [4.78, 5) is 24.5. The Bertz CT molecular complexity index is 718. The number of fused-ring (bicyclic) bond motifs is 1. The van der Waals surface area contributed by atoms with Crippen molar-refractivity contribution < 1.29 is 0 Å². The molecule has 5 nitrogen and oxygen atoms in total. The summed E-state index contributed by atoms with van der Waals surface area (Å²) < 4.78 is 2.74. The molecular formula is C13H16ClN3O2. The first kappa shape index (κ1) is 13.8. The maximum Gasteiger partial charge on any atom is 0.331 e. The lowest BCUT2D eigenvalue weighted by Gasteiger charge is -2.10. The lowest BCUT2D eigenvalue weighted by Crippen LogP contribution is -2.39. The number of halogens is 1. The first-order valence-electron chi connectivity index (χ1n) is 6.10. The zero-order valence-electron chi connectivity index (χ0n) is 10.9. The van der Waals surface area contributed by atoms with Crippen LogP contribution in [0.25, 0.3) is 10.9 Å². The van der Waals surface area contributed by atoms with E-state index >= 15 is 0 Å². The van der Waals surface area contributed by atoms with Gasteiger partial charge in [0.05, 0.1) is 10.9 Å². The van der Waals surface area contributed by atoms with Gasteiger partial charge >= 0.3 is 5.69 Å².